The number of para-hydroxylation sites is 1. The molecule has 3 aromatic rings. The molecule has 2 aromatic carbocycles. The topological polar surface area (TPSA) is 37.8 Å². The van der Waals surface area contributed by atoms with Gasteiger partial charge >= 0.3 is 5.69 Å². The fourth-order valence-corrected chi connectivity index (χ4v) is 2.52. The Morgan fingerprint density at radius 2 is 1.83 bits per heavy atom. The van der Waals surface area contributed by atoms with Crippen molar-refractivity contribution in [3.8, 4) is 0 Å². The van der Waals surface area contributed by atoms with E-state index in [1.807, 2.05) is 48.5 Å². The molecule has 3 rings (SSSR count). The molecule has 0 aliphatic rings. The lowest BCUT2D eigenvalue weighted by atomic mass is 10.2. The van der Waals surface area contributed by atoms with Crippen LogP contribution >= 0.6 is 15.9 Å². The van der Waals surface area contributed by atoms with Crippen molar-refractivity contribution in [2.75, 3.05) is 0 Å². The van der Waals surface area contributed by atoms with E-state index in [2.05, 4.69) is 20.9 Å². The Balaban J connectivity index is 2.15. The van der Waals surface area contributed by atoms with Crippen molar-refractivity contribution in [3.63, 3.8) is 0 Å². The molecule has 0 fully saturated rings. The van der Waals surface area contributed by atoms with Gasteiger partial charge in [0.15, 0.2) is 0 Å². The van der Waals surface area contributed by atoms with E-state index in [0.717, 1.165) is 21.1 Å². The number of aromatic nitrogens is 2. The van der Waals surface area contributed by atoms with Gasteiger partial charge in [-0.3, -0.25) is 4.57 Å². The van der Waals surface area contributed by atoms with E-state index in [0.29, 0.717) is 6.54 Å². The van der Waals surface area contributed by atoms with Crippen LogP contribution in [0.2, 0.25) is 0 Å². The van der Waals surface area contributed by atoms with E-state index in [9.17, 15) is 4.79 Å². The van der Waals surface area contributed by atoms with Crippen LogP contribution < -0.4 is 5.69 Å². The highest BCUT2D eigenvalue weighted by atomic mass is 79.9. The highest BCUT2D eigenvalue weighted by molar-refractivity contribution is 9.10. The molecule has 0 atom stereocenters. The molecule has 0 amide bonds. The lowest BCUT2D eigenvalue weighted by molar-refractivity contribution is 0.787. The van der Waals surface area contributed by atoms with Crippen LogP contribution in [0.25, 0.3) is 11.0 Å². The first-order chi connectivity index (χ1) is 8.75. The van der Waals surface area contributed by atoms with Crippen LogP contribution in [0.5, 0.6) is 0 Å². The third-order valence-corrected chi connectivity index (χ3v) is 3.60. The molecule has 4 heteroatoms. The van der Waals surface area contributed by atoms with Crippen molar-refractivity contribution in [3.05, 3.63) is 69.1 Å². The van der Waals surface area contributed by atoms with Crippen LogP contribution in [0.3, 0.4) is 0 Å². The normalized spacial score (nSPS) is 10.9. The molecule has 3 nitrogen and oxygen atoms in total. The van der Waals surface area contributed by atoms with Crippen molar-refractivity contribution < 1.29 is 0 Å². The number of imidazole rings is 1. The molecular formula is C14H11BrN2O. The Hall–Kier alpha value is -1.81. The second-order valence-corrected chi connectivity index (χ2v) is 4.99. The maximum absolute atomic E-state index is 12.0. The molecule has 1 aromatic heterocycles. The average Bonchev–Trinajstić information content (AvgIpc) is 2.70. The quantitative estimate of drug-likeness (QED) is 0.776. The fraction of sp³-hybridized carbons (Fsp3) is 0.0714. The van der Waals surface area contributed by atoms with Gasteiger partial charge in [-0.2, -0.15) is 0 Å². The highest BCUT2D eigenvalue weighted by Crippen LogP contribution is 2.21. The van der Waals surface area contributed by atoms with Gasteiger partial charge in [-0.05, 0) is 33.6 Å². The minimum absolute atomic E-state index is 0.0826. The predicted molar refractivity (Wildman–Crippen MR) is 75.8 cm³/mol. The van der Waals surface area contributed by atoms with Gasteiger partial charge in [0.25, 0.3) is 0 Å². The van der Waals surface area contributed by atoms with Gasteiger partial charge in [-0.15, -0.1) is 0 Å². The molecule has 0 saturated carbocycles. The number of hydrogen-bond acceptors (Lipinski definition) is 1. The summed E-state index contributed by atoms with van der Waals surface area (Å²) in [6, 6.07) is 15.8. The number of benzene rings is 2. The third kappa shape index (κ3) is 1.88. The summed E-state index contributed by atoms with van der Waals surface area (Å²) < 4.78 is 2.65. The largest absolute Gasteiger partial charge is 0.326 e. The number of rotatable bonds is 2. The molecule has 18 heavy (non-hydrogen) atoms. The Morgan fingerprint density at radius 3 is 2.61 bits per heavy atom. The second kappa shape index (κ2) is 4.46. The van der Waals surface area contributed by atoms with E-state index in [1.54, 1.807) is 4.57 Å². The van der Waals surface area contributed by atoms with Gasteiger partial charge in [0, 0.05) is 4.47 Å². The van der Waals surface area contributed by atoms with E-state index >= 15 is 0 Å². The Bertz CT molecular complexity index is 743. The fourth-order valence-electron chi connectivity index (χ4n) is 2.07. The molecule has 0 unspecified atom stereocenters. The number of halogens is 1. The van der Waals surface area contributed by atoms with Crippen LogP contribution in [0.4, 0.5) is 0 Å². The van der Waals surface area contributed by atoms with Gasteiger partial charge < -0.3 is 4.98 Å². The summed E-state index contributed by atoms with van der Waals surface area (Å²) in [5.41, 5.74) is 2.79. The SMILES string of the molecule is O=c1[nH]c2c(Br)cccc2n1Cc1ccccc1. The molecule has 1 N–H and O–H groups in total. The maximum Gasteiger partial charge on any atom is 0.326 e. The van der Waals surface area contributed by atoms with Gasteiger partial charge in [-0.25, -0.2) is 4.79 Å². The molecule has 90 valence electrons. The van der Waals surface area contributed by atoms with Crippen molar-refractivity contribution >= 4 is 27.0 Å². The van der Waals surface area contributed by atoms with Crippen molar-refractivity contribution in [2.45, 2.75) is 6.54 Å². The van der Waals surface area contributed by atoms with Crippen LogP contribution in [0.15, 0.2) is 57.8 Å². The number of fused-ring (bicyclic) bond motifs is 1. The van der Waals surface area contributed by atoms with Crippen molar-refractivity contribution in [1.82, 2.24) is 9.55 Å². The van der Waals surface area contributed by atoms with Crippen LogP contribution in [0.1, 0.15) is 5.56 Å². The molecule has 0 aliphatic heterocycles. The standard InChI is InChI=1S/C14H11BrN2O/c15-11-7-4-8-12-13(11)16-14(18)17(12)9-10-5-2-1-3-6-10/h1-8H,9H2,(H,16,18). The molecular weight excluding hydrogens is 292 g/mol. The number of nitrogens with one attached hydrogen (secondary N) is 1. The number of aromatic amines is 1. The highest BCUT2D eigenvalue weighted by Gasteiger charge is 2.08. The zero-order valence-electron chi connectivity index (χ0n) is 9.56. The molecule has 0 saturated heterocycles. The van der Waals surface area contributed by atoms with Crippen LogP contribution in [-0.4, -0.2) is 9.55 Å². The number of nitrogens with zero attached hydrogens (tertiary/aromatic N) is 1. The smallest absolute Gasteiger partial charge is 0.305 e. The van der Waals surface area contributed by atoms with Crippen molar-refractivity contribution in [2.24, 2.45) is 0 Å². The molecule has 0 aliphatic carbocycles. The van der Waals surface area contributed by atoms with E-state index < -0.39 is 0 Å². The Kier molecular flexibility index (Phi) is 2.80. The predicted octanol–water partition coefficient (Wildman–Crippen LogP) is 3.14. The zero-order valence-corrected chi connectivity index (χ0v) is 11.1. The van der Waals surface area contributed by atoms with Gasteiger partial charge in [0.1, 0.15) is 0 Å². The number of H-pyrrole nitrogens is 1. The minimum Gasteiger partial charge on any atom is -0.305 e. The Morgan fingerprint density at radius 1 is 1.06 bits per heavy atom. The summed E-state index contributed by atoms with van der Waals surface area (Å²) >= 11 is 3.45. The maximum atomic E-state index is 12.0. The lowest BCUT2D eigenvalue weighted by Gasteiger charge is -2.03. The van der Waals surface area contributed by atoms with Crippen molar-refractivity contribution in [1.29, 1.82) is 0 Å². The molecule has 1 heterocycles. The molecule has 0 spiro atoms. The summed E-state index contributed by atoms with van der Waals surface area (Å²) in [6.45, 7) is 0.579. The molecule has 0 radical (unpaired) electrons. The Labute approximate surface area is 112 Å². The van der Waals surface area contributed by atoms with Crippen LogP contribution in [-0.2, 0) is 6.54 Å². The summed E-state index contributed by atoms with van der Waals surface area (Å²) in [6.07, 6.45) is 0. The summed E-state index contributed by atoms with van der Waals surface area (Å²) in [7, 11) is 0. The van der Waals surface area contributed by atoms with Gasteiger partial charge in [0.05, 0.1) is 17.6 Å². The van der Waals surface area contributed by atoms with Crippen LogP contribution in [0, 0.1) is 0 Å². The summed E-state index contributed by atoms with van der Waals surface area (Å²) in [5.74, 6) is 0. The van der Waals surface area contributed by atoms with E-state index in [1.165, 1.54) is 0 Å². The van der Waals surface area contributed by atoms with E-state index in [4.69, 9.17) is 0 Å². The van der Waals surface area contributed by atoms with Gasteiger partial charge in [0.2, 0.25) is 0 Å². The first-order valence-corrected chi connectivity index (χ1v) is 6.46. The summed E-state index contributed by atoms with van der Waals surface area (Å²) in [5, 5.41) is 0. The van der Waals surface area contributed by atoms with Gasteiger partial charge in [-0.1, -0.05) is 36.4 Å². The molecule has 0 bridgehead atoms. The average molecular weight is 303 g/mol. The summed E-state index contributed by atoms with van der Waals surface area (Å²) in [4.78, 5) is 14.9. The first-order valence-electron chi connectivity index (χ1n) is 5.66. The number of hydrogen-bond donors (Lipinski definition) is 1. The first kappa shape index (κ1) is 11.3. The second-order valence-electron chi connectivity index (χ2n) is 4.14. The lowest BCUT2D eigenvalue weighted by Crippen LogP contribution is -2.17. The monoisotopic (exact) mass is 302 g/mol. The zero-order chi connectivity index (χ0) is 12.5. The third-order valence-electron chi connectivity index (χ3n) is 2.94. The van der Waals surface area contributed by atoms with E-state index in [-0.39, 0.29) is 5.69 Å². The minimum atomic E-state index is -0.0826.